The molecule has 0 bridgehead atoms. The summed E-state index contributed by atoms with van der Waals surface area (Å²) in [6.07, 6.45) is 0. The van der Waals surface area contributed by atoms with Crippen molar-refractivity contribution < 1.29 is 0 Å². The quantitative estimate of drug-likeness (QED) is 0.118. The van der Waals surface area contributed by atoms with Crippen LogP contribution in [0.5, 0.6) is 0 Å². The van der Waals surface area contributed by atoms with Crippen molar-refractivity contribution in [1.29, 1.82) is 0 Å². The Hall–Kier alpha value is -5.53. The molecule has 3 nitrogen and oxygen atoms in total. The maximum absolute atomic E-state index is 7.71. The largest absolute Gasteiger partial charge is 0.310 e. The van der Waals surface area contributed by atoms with E-state index in [4.69, 9.17) is 6.57 Å². The number of hydrogen-bond acceptors (Lipinski definition) is 0. The number of nitrogens with zero attached hydrogens (tertiary/aromatic N) is 3. The molecule has 0 spiro atoms. The average Bonchev–Trinajstić information content (AvgIpc) is 3.66. The summed E-state index contributed by atoms with van der Waals surface area (Å²) in [5, 5.41) is 5.30. The molecule has 57 heavy (non-hydrogen) atoms. The fraction of sp³-hybridized carbons (Fsp3) is 0.302. The molecule has 282 valence electrons. The smallest absolute Gasteiger partial charge is 0.252 e. The molecule has 6 aromatic carbocycles. The molecule has 0 atom stereocenters. The predicted molar refractivity (Wildman–Crippen MR) is 246 cm³/mol. The van der Waals surface area contributed by atoms with Gasteiger partial charge in [0.15, 0.2) is 5.69 Å². The average molecular weight is 742 g/mol. The second-order valence-electron chi connectivity index (χ2n) is 21.0. The Labute approximate surface area is 338 Å². The normalized spacial score (nSPS) is 13.9. The monoisotopic (exact) mass is 741 g/mol. The van der Waals surface area contributed by atoms with Gasteiger partial charge in [-0.15, -0.1) is 0 Å². The summed E-state index contributed by atoms with van der Waals surface area (Å²) in [6.45, 7) is 35.8. The fourth-order valence-corrected chi connectivity index (χ4v) is 9.82. The Morgan fingerprint density at radius 2 is 0.930 bits per heavy atom. The Morgan fingerprint density at radius 3 is 1.40 bits per heavy atom. The van der Waals surface area contributed by atoms with E-state index in [1.165, 1.54) is 99.2 Å². The third kappa shape index (κ3) is 5.04. The van der Waals surface area contributed by atoms with Crippen molar-refractivity contribution in [1.82, 2.24) is 9.13 Å². The van der Waals surface area contributed by atoms with Crippen molar-refractivity contribution in [2.75, 3.05) is 0 Å². The van der Waals surface area contributed by atoms with Gasteiger partial charge in [0.1, 0.15) is 0 Å². The molecule has 0 saturated heterocycles. The molecule has 10 rings (SSSR count). The van der Waals surface area contributed by atoms with E-state index in [0.29, 0.717) is 5.69 Å². The molecule has 0 aliphatic carbocycles. The Kier molecular flexibility index (Phi) is 7.12. The number of fused-ring (bicyclic) bond motifs is 10. The molecular weight excluding hydrogens is 689 g/mol. The van der Waals surface area contributed by atoms with Crippen molar-refractivity contribution >= 4 is 72.4 Å². The predicted octanol–water partition coefficient (Wildman–Crippen LogP) is 12.4. The molecule has 2 aromatic heterocycles. The Morgan fingerprint density at radius 1 is 0.474 bits per heavy atom. The second kappa shape index (κ2) is 11.3. The van der Waals surface area contributed by atoms with E-state index < -0.39 is 0 Å². The topological polar surface area (TPSA) is 14.2 Å². The summed E-state index contributed by atoms with van der Waals surface area (Å²) < 4.78 is 5.21. The van der Waals surface area contributed by atoms with E-state index in [1.54, 1.807) is 0 Å². The van der Waals surface area contributed by atoms with E-state index in [-0.39, 0.29) is 28.4 Å². The minimum Gasteiger partial charge on any atom is -0.310 e. The lowest BCUT2D eigenvalue weighted by atomic mass is 9.33. The lowest BCUT2D eigenvalue weighted by Crippen LogP contribution is -2.60. The highest BCUT2D eigenvalue weighted by Gasteiger charge is 2.43. The van der Waals surface area contributed by atoms with Crippen LogP contribution in [-0.2, 0) is 21.7 Å². The SMILES string of the molecule is [C-]#[N+]c1ccc(-c2ccc3c4c2-n2c5ccc(C(C)(C)C)cc5c5cc(C(C)(C)C)cc(c52)B4c2cc(C(C)(C)C)cc4c5cc(C(C)(C)C)ccc5n-3c24)cc1. The van der Waals surface area contributed by atoms with Gasteiger partial charge >= 0.3 is 0 Å². The highest BCUT2D eigenvalue weighted by Crippen LogP contribution is 2.45. The lowest BCUT2D eigenvalue weighted by molar-refractivity contribution is 0.590. The van der Waals surface area contributed by atoms with Gasteiger partial charge in [-0.25, -0.2) is 4.85 Å². The lowest BCUT2D eigenvalue weighted by Gasteiger charge is -2.36. The third-order valence-corrected chi connectivity index (χ3v) is 13.1. The molecule has 0 N–H and O–H groups in total. The van der Waals surface area contributed by atoms with Crippen LogP contribution in [0.25, 0.3) is 71.0 Å². The molecule has 0 saturated carbocycles. The van der Waals surface area contributed by atoms with Gasteiger partial charge in [0.25, 0.3) is 6.71 Å². The zero-order valence-electron chi connectivity index (χ0n) is 35.7. The summed E-state index contributed by atoms with van der Waals surface area (Å²) in [7, 11) is 0. The molecule has 4 heterocycles. The van der Waals surface area contributed by atoms with Crippen LogP contribution in [0.4, 0.5) is 5.69 Å². The van der Waals surface area contributed by atoms with Crippen molar-refractivity contribution in [2.24, 2.45) is 0 Å². The number of rotatable bonds is 1. The first-order chi connectivity index (χ1) is 26.8. The van der Waals surface area contributed by atoms with E-state index in [1.807, 2.05) is 12.1 Å². The number of aromatic nitrogens is 2. The minimum atomic E-state index is -0.0497. The van der Waals surface area contributed by atoms with Crippen LogP contribution in [0.3, 0.4) is 0 Å². The van der Waals surface area contributed by atoms with Crippen LogP contribution in [0.2, 0.25) is 0 Å². The first-order valence-corrected chi connectivity index (χ1v) is 20.7. The van der Waals surface area contributed by atoms with Gasteiger partial charge < -0.3 is 9.13 Å². The molecule has 0 radical (unpaired) electrons. The van der Waals surface area contributed by atoms with Crippen LogP contribution >= 0.6 is 0 Å². The molecule has 4 heteroatoms. The second-order valence-corrected chi connectivity index (χ2v) is 21.0. The molecule has 2 aliphatic rings. The summed E-state index contributed by atoms with van der Waals surface area (Å²) in [5.41, 5.74) is 20.1. The van der Waals surface area contributed by atoms with E-state index in [0.717, 1.165) is 5.56 Å². The van der Waals surface area contributed by atoms with Crippen LogP contribution < -0.4 is 16.4 Å². The van der Waals surface area contributed by atoms with Crippen molar-refractivity contribution in [2.45, 2.75) is 105 Å². The van der Waals surface area contributed by atoms with Crippen molar-refractivity contribution in [3.05, 3.63) is 131 Å². The third-order valence-electron chi connectivity index (χ3n) is 13.1. The van der Waals surface area contributed by atoms with Crippen molar-refractivity contribution in [3.8, 4) is 22.5 Å². The summed E-state index contributed by atoms with van der Waals surface area (Å²) in [4.78, 5) is 3.75. The van der Waals surface area contributed by atoms with Crippen LogP contribution in [-0.4, -0.2) is 15.8 Å². The summed E-state index contributed by atoms with van der Waals surface area (Å²) in [5.74, 6) is 0. The standard InChI is InChI=1S/C53H52BN3/c1-50(2,3)31-16-21-43-37(24-31)39-26-33(52(7,8)9)28-41-47(39)56(43)45-23-20-36(30-14-18-35(55-13)19-15-30)49-46(45)54(41)42-29-34(53(10,11)12)27-40-38-25-32(51(4,5)6)17-22-44(38)57(49)48(40)42/h14-29H,1-12H3. The number of benzene rings is 6. The molecule has 8 aromatic rings. The van der Waals surface area contributed by atoms with Crippen LogP contribution in [0.1, 0.15) is 105 Å². The molecule has 0 unspecified atom stereocenters. The maximum atomic E-state index is 7.71. The molecule has 2 aliphatic heterocycles. The van der Waals surface area contributed by atoms with Gasteiger partial charge in [0.2, 0.25) is 0 Å². The van der Waals surface area contributed by atoms with Crippen molar-refractivity contribution in [3.63, 3.8) is 0 Å². The van der Waals surface area contributed by atoms with Gasteiger partial charge in [0.05, 0.1) is 23.3 Å². The van der Waals surface area contributed by atoms with E-state index in [2.05, 4.69) is 182 Å². The van der Waals surface area contributed by atoms with Gasteiger partial charge in [-0.05, 0) is 108 Å². The maximum Gasteiger partial charge on any atom is 0.252 e. The highest BCUT2D eigenvalue weighted by molar-refractivity contribution is 7.00. The number of hydrogen-bond donors (Lipinski definition) is 0. The molecule has 0 amide bonds. The van der Waals surface area contributed by atoms with Crippen LogP contribution in [0, 0.1) is 6.57 Å². The summed E-state index contributed by atoms with van der Waals surface area (Å²) in [6, 6.07) is 37.5. The summed E-state index contributed by atoms with van der Waals surface area (Å²) >= 11 is 0. The van der Waals surface area contributed by atoms with Gasteiger partial charge in [-0.3, -0.25) is 0 Å². The highest BCUT2D eigenvalue weighted by atomic mass is 15.0. The Bertz CT molecular complexity index is 3100. The zero-order valence-corrected chi connectivity index (χ0v) is 35.7. The van der Waals surface area contributed by atoms with E-state index >= 15 is 0 Å². The van der Waals surface area contributed by atoms with Crippen LogP contribution in [0.15, 0.2) is 97.1 Å². The molecular formula is C53H52BN3. The van der Waals surface area contributed by atoms with Gasteiger partial charge in [-0.1, -0.05) is 138 Å². The van der Waals surface area contributed by atoms with Gasteiger partial charge in [0, 0.05) is 43.8 Å². The van der Waals surface area contributed by atoms with E-state index in [9.17, 15) is 0 Å². The first kappa shape index (κ1) is 35.9. The minimum absolute atomic E-state index is 0.00997. The zero-order chi connectivity index (χ0) is 40.3. The molecule has 0 fully saturated rings. The fourth-order valence-electron chi connectivity index (χ4n) is 9.82. The Balaban J connectivity index is 1.46. The first-order valence-electron chi connectivity index (χ1n) is 20.7. The van der Waals surface area contributed by atoms with Gasteiger partial charge in [-0.2, -0.15) is 0 Å².